The molecule has 0 saturated carbocycles. The zero-order chi connectivity index (χ0) is 22.9. The van der Waals surface area contributed by atoms with Gasteiger partial charge in [0.2, 0.25) is 11.8 Å². The van der Waals surface area contributed by atoms with Gasteiger partial charge in [0.1, 0.15) is 11.8 Å². The van der Waals surface area contributed by atoms with Crippen molar-refractivity contribution >= 4 is 17.7 Å². The van der Waals surface area contributed by atoms with Crippen molar-refractivity contribution in [1.29, 1.82) is 0 Å². The fraction of sp³-hybridized carbons (Fsp3) is 0.286. The Morgan fingerprint density at radius 1 is 0.900 bits per heavy atom. The van der Waals surface area contributed by atoms with E-state index in [-0.39, 0.29) is 13.0 Å². The Hall–Kier alpha value is -3.43. The van der Waals surface area contributed by atoms with Crippen molar-refractivity contribution in [2.24, 2.45) is 17.2 Å². The molecule has 0 radical (unpaired) electrons. The van der Waals surface area contributed by atoms with Crippen LogP contribution >= 0.6 is 0 Å². The largest absolute Gasteiger partial charge is 0.484 e. The standard InChI is InChI=1S/C19H21N3O4.2CH5N/c1-21-19(25)16(11-17(20)23)22-18(24)12-26-15-9-7-14(8-10-15)13-5-3-2-4-6-13;2*1-2/h2-10,16H,11-12H2,1H3,(H2,20,23)(H,21,25)(H,22,24);2*2H2,1H3/t16-;;/m0../s1. The molecule has 2 aromatic carbocycles. The summed E-state index contributed by atoms with van der Waals surface area (Å²) < 4.78 is 5.42. The van der Waals surface area contributed by atoms with Gasteiger partial charge in [-0.05, 0) is 37.4 Å². The third kappa shape index (κ3) is 9.67. The van der Waals surface area contributed by atoms with Gasteiger partial charge < -0.3 is 32.6 Å². The second-order valence-corrected chi connectivity index (χ2v) is 5.58. The van der Waals surface area contributed by atoms with E-state index in [0.717, 1.165) is 11.1 Å². The van der Waals surface area contributed by atoms with Crippen LogP contribution in [-0.4, -0.2) is 51.5 Å². The summed E-state index contributed by atoms with van der Waals surface area (Å²) in [6.07, 6.45) is -0.281. The zero-order valence-corrected chi connectivity index (χ0v) is 17.6. The number of nitrogens with one attached hydrogen (secondary N) is 2. The van der Waals surface area contributed by atoms with E-state index in [2.05, 4.69) is 22.1 Å². The van der Waals surface area contributed by atoms with Crippen molar-refractivity contribution in [1.82, 2.24) is 10.6 Å². The Balaban J connectivity index is 0.00000198. The second kappa shape index (κ2) is 15.5. The van der Waals surface area contributed by atoms with Gasteiger partial charge in [-0.2, -0.15) is 0 Å². The predicted octanol–water partition coefficient (Wildman–Crippen LogP) is -0.0116. The maximum atomic E-state index is 11.9. The number of amides is 3. The van der Waals surface area contributed by atoms with Gasteiger partial charge in [0.25, 0.3) is 5.91 Å². The summed E-state index contributed by atoms with van der Waals surface area (Å²) in [5, 5.41) is 4.80. The fourth-order valence-electron chi connectivity index (χ4n) is 2.34. The third-order valence-corrected chi connectivity index (χ3v) is 3.63. The highest BCUT2D eigenvalue weighted by Crippen LogP contribution is 2.21. The molecule has 0 unspecified atom stereocenters. The van der Waals surface area contributed by atoms with Gasteiger partial charge in [-0.3, -0.25) is 14.4 Å². The molecule has 0 saturated heterocycles. The van der Waals surface area contributed by atoms with Gasteiger partial charge in [-0.15, -0.1) is 0 Å². The molecule has 2 rings (SSSR count). The molecule has 0 heterocycles. The zero-order valence-electron chi connectivity index (χ0n) is 17.6. The number of nitrogens with two attached hydrogens (primary N) is 3. The number of carbonyl (C=O) groups excluding carboxylic acids is 3. The number of rotatable bonds is 8. The van der Waals surface area contributed by atoms with Crippen LogP contribution in [0.2, 0.25) is 0 Å². The maximum absolute atomic E-state index is 11.9. The Morgan fingerprint density at radius 2 is 1.43 bits per heavy atom. The molecule has 9 heteroatoms. The van der Waals surface area contributed by atoms with Gasteiger partial charge in [0.15, 0.2) is 6.61 Å². The third-order valence-electron chi connectivity index (χ3n) is 3.63. The molecule has 30 heavy (non-hydrogen) atoms. The van der Waals surface area contributed by atoms with Crippen molar-refractivity contribution in [3.8, 4) is 16.9 Å². The number of ether oxygens (including phenoxy) is 1. The minimum atomic E-state index is -1.02. The van der Waals surface area contributed by atoms with Gasteiger partial charge in [0, 0.05) is 7.05 Å². The molecule has 2 aromatic rings. The maximum Gasteiger partial charge on any atom is 0.258 e. The van der Waals surface area contributed by atoms with E-state index in [1.807, 2.05) is 42.5 Å². The van der Waals surface area contributed by atoms with Crippen LogP contribution in [0, 0.1) is 0 Å². The van der Waals surface area contributed by atoms with Gasteiger partial charge >= 0.3 is 0 Å². The normalized spacial score (nSPS) is 10.2. The highest BCUT2D eigenvalue weighted by molar-refractivity contribution is 5.91. The number of primary amides is 1. The first-order valence-electron chi connectivity index (χ1n) is 9.22. The number of carbonyl (C=O) groups is 3. The molecular formula is C21H31N5O4. The lowest BCUT2D eigenvalue weighted by molar-refractivity contribution is -0.131. The topological polar surface area (TPSA) is 163 Å². The van der Waals surface area contributed by atoms with E-state index in [1.54, 1.807) is 12.1 Å². The van der Waals surface area contributed by atoms with Gasteiger partial charge in [0.05, 0.1) is 6.42 Å². The lowest BCUT2D eigenvalue weighted by Crippen LogP contribution is -2.48. The molecule has 0 aromatic heterocycles. The SMILES string of the molecule is CN.CN.CNC(=O)[C@H](CC(N)=O)NC(=O)COc1ccc(-c2ccccc2)cc1. The molecule has 0 fully saturated rings. The Labute approximate surface area is 177 Å². The van der Waals surface area contributed by atoms with E-state index in [4.69, 9.17) is 10.5 Å². The lowest BCUT2D eigenvalue weighted by Gasteiger charge is -2.16. The monoisotopic (exact) mass is 417 g/mol. The first kappa shape index (κ1) is 26.6. The highest BCUT2D eigenvalue weighted by atomic mass is 16.5. The van der Waals surface area contributed by atoms with Crippen LogP contribution < -0.4 is 32.6 Å². The number of hydrogen-bond donors (Lipinski definition) is 5. The van der Waals surface area contributed by atoms with Crippen LogP contribution in [0.4, 0.5) is 0 Å². The summed E-state index contributed by atoms with van der Waals surface area (Å²) in [6.45, 7) is -0.281. The van der Waals surface area contributed by atoms with Crippen LogP contribution in [0.1, 0.15) is 6.42 Å². The molecule has 1 atom stereocenters. The molecule has 164 valence electrons. The summed E-state index contributed by atoms with van der Waals surface area (Å²) in [7, 11) is 4.41. The number of hydrogen-bond acceptors (Lipinski definition) is 6. The quantitative estimate of drug-likeness (QED) is 0.405. The molecule has 0 aliphatic heterocycles. The number of likely N-dealkylation sites (N-methyl/N-ethyl adjacent to an activating group) is 1. The average molecular weight is 418 g/mol. The van der Waals surface area contributed by atoms with E-state index < -0.39 is 23.8 Å². The van der Waals surface area contributed by atoms with Crippen LogP contribution in [-0.2, 0) is 14.4 Å². The minimum Gasteiger partial charge on any atom is -0.484 e. The molecular weight excluding hydrogens is 386 g/mol. The summed E-state index contributed by atoms with van der Waals surface area (Å²) >= 11 is 0. The smallest absolute Gasteiger partial charge is 0.258 e. The van der Waals surface area contributed by atoms with Crippen molar-refractivity contribution in [2.75, 3.05) is 27.7 Å². The fourth-order valence-corrected chi connectivity index (χ4v) is 2.34. The molecule has 3 amide bonds. The molecule has 0 aliphatic rings. The Kier molecular flexibility index (Phi) is 13.7. The van der Waals surface area contributed by atoms with Crippen molar-refractivity contribution in [3.63, 3.8) is 0 Å². The highest BCUT2D eigenvalue weighted by Gasteiger charge is 2.21. The number of benzene rings is 2. The van der Waals surface area contributed by atoms with Crippen LogP contribution in [0.25, 0.3) is 11.1 Å². The lowest BCUT2D eigenvalue weighted by atomic mass is 10.1. The summed E-state index contributed by atoms with van der Waals surface area (Å²) in [4.78, 5) is 34.6. The summed E-state index contributed by atoms with van der Waals surface area (Å²) in [5.74, 6) is -1.18. The molecule has 8 N–H and O–H groups in total. The molecule has 9 nitrogen and oxygen atoms in total. The van der Waals surface area contributed by atoms with Crippen LogP contribution in [0.5, 0.6) is 5.75 Å². The van der Waals surface area contributed by atoms with Crippen molar-refractivity contribution in [2.45, 2.75) is 12.5 Å². The minimum absolute atomic E-state index is 0.281. The van der Waals surface area contributed by atoms with Crippen molar-refractivity contribution < 1.29 is 19.1 Å². The summed E-state index contributed by atoms with van der Waals surface area (Å²) in [5.41, 5.74) is 16.2. The van der Waals surface area contributed by atoms with Crippen LogP contribution in [0.15, 0.2) is 54.6 Å². The van der Waals surface area contributed by atoms with E-state index in [0.29, 0.717) is 5.75 Å². The first-order chi connectivity index (χ1) is 14.5. The molecule has 0 bridgehead atoms. The summed E-state index contributed by atoms with van der Waals surface area (Å²) in [6, 6.07) is 16.1. The van der Waals surface area contributed by atoms with Crippen molar-refractivity contribution in [3.05, 3.63) is 54.6 Å². The Bertz CT molecular complexity index is 767. The second-order valence-electron chi connectivity index (χ2n) is 5.58. The predicted molar refractivity (Wildman–Crippen MR) is 117 cm³/mol. The Morgan fingerprint density at radius 3 is 1.93 bits per heavy atom. The molecule has 0 aliphatic carbocycles. The van der Waals surface area contributed by atoms with Gasteiger partial charge in [-0.25, -0.2) is 0 Å². The molecule has 0 spiro atoms. The van der Waals surface area contributed by atoms with E-state index in [1.165, 1.54) is 21.1 Å². The van der Waals surface area contributed by atoms with Crippen LogP contribution in [0.3, 0.4) is 0 Å². The average Bonchev–Trinajstić information content (AvgIpc) is 2.80. The first-order valence-corrected chi connectivity index (χ1v) is 9.22. The van der Waals surface area contributed by atoms with E-state index in [9.17, 15) is 14.4 Å². The van der Waals surface area contributed by atoms with Gasteiger partial charge in [-0.1, -0.05) is 42.5 Å². The van der Waals surface area contributed by atoms with E-state index >= 15 is 0 Å².